The molecule has 0 unspecified atom stereocenters. The summed E-state index contributed by atoms with van der Waals surface area (Å²) in [6.45, 7) is 1.91. The molecule has 18 heavy (non-hydrogen) atoms. The molecule has 0 N–H and O–H groups in total. The maximum atomic E-state index is 6.84. The maximum absolute atomic E-state index is 6.84. The molecule has 1 aliphatic heterocycles. The van der Waals surface area contributed by atoms with Crippen molar-refractivity contribution in [2.75, 3.05) is 14.2 Å². The van der Waals surface area contributed by atoms with Gasteiger partial charge in [-0.1, -0.05) is 11.6 Å². The van der Waals surface area contributed by atoms with E-state index in [-0.39, 0.29) is 5.92 Å². The van der Waals surface area contributed by atoms with E-state index in [9.17, 15) is 0 Å². The van der Waals surface area contributed by atoms with Gasteiger partial charge in [0.25, 0.3) is 0 Å². The molecule has 1 saturated heterocycles. The van der Waals surface area contributed by atoms with E-state index in [1.54, 1.807) is 0 Å². The van der Waals surface area contributed by atoms with Crippen molar-refractivity contribution in [3.63, 3.8) is 0 Å². The molecule has 4 aliphatic carbocycles. The van der Waals surface area contributed by atoms with E-state index >= 15 is 0 Å². The van der Waals surface area contributed by atoms with E-state index in [1.165, 1.54) is 14.2 Å². The fourth-order valence-electron chi connectivity index (χ4n) is 5.15. The van der Waals surface area contributed by atoms with Gasteiger partial charge in [0.05, 0.1) is 5.60 Å². The summed E-state index contributed by atoms with van der Waals surface area (Å²) in [7, 11) is 3.02. The van der Waals surface area contributed by atoms with Gasteiger partial charge in [-0.3, -0.25) is 0 Å². The van der Waals surface area contributed by atoms with Crippen molar-refractivity contribution < 1.29 is 14.2 Å². The first-order chi connectivity index (χ1) is 8.17. The van der Waals surface area contributed by atoms with E-state index in [2.05, 4.69) is 0 Å². The fraction of sp³-hybridized carbons (Fsp3) is 1.00. The van der Waals surface area contributed by atoms with Crippen molar-refractivity contribution in [1.29, 1.82) is 0 Å². The Balaban J connectivity index is 2.09. The Kier molecular flexibility index (Phi) is 1.91. The second kappa shape index (κ2) is 2.70. The molecular formula is C11H12Cl4O3. The van der Waals surface area contributed by atoms with Gasteiger partial charge < -0.3 is 14.2 Å². The topological polar surface area (TPSA) is 27.7 Å². The minimum absolute atomic E-state index is 0.0981. The number of ether oxygens (including phenoxy) is 3. The summed E-state index contributed by atoms with van der Waals surface area (Å²) < 4.78 is 17.0. The third-order valence-electron chi connectivity index (χ3n) is 5.70. The zero-order valence-electron chi connectivity index (χ0n) is 10.0. The molecular weight excluding hydrogens is 322 g/mol. The minimum Gasteiger partial charge on any atom is -0.350 e. The highest BCUT2D eigenvalue weighted by Gasteiger charge is 3.12. The highest BCUT2D eigenvalue weighted by atomic mass is 35.5. The highest BCUT2D eigenvalue weighted by Crippen LogP contribution is 2.95. The van der Waals surface area contributed by atoms with Crippen LogP contribution in [0.15, 0.2) is 0 Å². The van der Waals surface area contributed by atoms with Crippen LogP contribution >= 0.6 is 46.4 Å². The first kappa shape index (κ1) is 12.8. The maximum Gasteiger partial charge on any atom is 0.213 e. The van der Waals surface area contributed by atoms with Gasteiger partial charge >= 0.3 is 0 Å². The van der Waals surface area contributed by atoms with Crippen LogP contribution in [0.3, 0.4) is 0 Å². The first-order valence-electron chi connectivity index (χ1n) is 5.73. The summed E-state index contributed by atoms with van der Waals surface area (Å²) in [5.41, 5.74) is -0.625. The van der Waals surface area contributed by atoms with Crippen LogP contribution in [-0.4, -0.2) is 45.3 Å². The zero-order chi connectivity index (χ0) is 13.4. The Morgan fingerprint density at radius 3 is 2.00 bits per heavy atom. The van der Waals surface area contributed by atoms with Gasteiger partial charge in [0.15, 0.2) is 9.93 Å². The molecule has 6 atom stereocenters. The lowest BCUT2D eigenvalue weighted by atomic mass is 9.79. The molecule has 4 saturated carbocycles. The van der Waals surface area contributed by atoms with Crippen LogP contribution in [0.5, 0.6) is 0 Å². The van der Waals surface area contributed by atoms with Crippen molar-refractivity contribution in [3.8, 4) is 0 Å². The van der Waals surface area contributed by atoms with Gasteiger partial charge in [0, 0.05) is 20.1 Å². The predicted octanol–water partition coefficient (Wildman–Crippen LogP) is 2.68. The SMILES string of the molecule is COC1(OC)[C@]2(Cl)C[C@H]3[C@]4(C)O[C@@](Cl)([C@]42Cl)[C@@]31Cl. The normalized spacial score (nSPS) is 69.8. The molecule has 0 amide bonds. The summed E-state index contributed by atoms with van der Waals surface area (Å²) in [4.78, 5) is -3.07. The summed E-state index contributed by atoms with van der Waals surface area (Å²) in [6.07, 6.45) is 0.564. The first-order valence-corrected chi connectivity index (χ1v) is 7.24. The molecule has 5 aliphatic rings. The van der Waals surface area contributed by atoms with Crippen LogP contribution in [0.1, 0.15) is 13.3 Å². The van der Waals surface area contributed by atoms with Crippen molar-refractivity contribution in [2.45, 2.75) is 44.4 Å². The van der Waals surface area contributed by atoms with Crippen LogP contribution in [0.25, 0.3) is 0 Å². The van der Waals surface area contributed by atoms with Crippen LogP contribution in [0, 0.1) is 5.92 Å². The molecule has 102 valence electrons. The van der Waals surface area contributed by atoms with Crippen molar-refractivity contribution in [2.24, 2.45) is 5.92 Å². The van der Waals surface area contributed by atoms with Gasteiger partial charge in [0.2, 0.25) is 5.79 Å². The Labute approximate surface area is 125 Å². The number of methoxy groups -OCH3 is 2. The lowest BCUT2D eigenvalue weighted by Crippen LogP contribution is -2.74. The Morgan fingerprint density at radius 2 is 1.67 bits per heavy atom. The highest BCUT2D eigenvalue weighted by molar-refractivity contribution is 6.51. The Hall–Kier alpha value is 1.04. The molecule has 5 rings (SSSR count). The summed E-state index contributed by atoms with van der Waals surface area (Å²) in [6, 6.07) is 0. The van der Waals surface area contributed by atoms with E-state index < -0.39 is 31.1 Å². The number of rotatable bonds is 2. The molecule has 0 aromatic carbocycles. The average Bonchev–Trinajstić information content (AvgIpc) is 2.76. The molecule has 0 radical (unpaired) electrons. The lowest BCUT2D eigenvalue weighted by Gasteiger charge is -2.57. The quantitative estimate of drug-likeness (QED) is 0.574. The molecule has 1 heterocycles. The second-order valence-corrected chi connectivity index (χ2v) is 8.10. The summed E-state index contributed by atoms with van der Waals surface area (Å²) in [5.74, 6) is -1.34. The second-order valence-electron chi connectivity index (χ2n) is 5.76. The third kappa shape index (κ3) is 0.621. The largest absolute Gasteiger partial charge is 0.350 e. The Morgan fingerprint density at radius 1 is 1.11 bits per heavy atom. The van der Waals surface area contributed by atoms with Gasteiger partial charge in [-0.15, -0.1) is 34.8 Å². The molecule has 7 heteroatoms. The van der Waals surface area contributed by atoms with Crippen LogP contribution in [0.4, 0.5) is 0 Å². The molecule has 6 bridgehead atoms. The van der Waals surface area contributed by atoms with Crippen molar-refractivity contribution in [3.05, 3.63) is 0 Å². The number of hydrogen-bond acceptors (Lipinski definition) is 3. The monoisotopic (exact) mass is 332 g/mol. The minimum atomic E-state index is -1.26. The van der Waals surface area contributed by atoms with E-state index in [0.29, 0.717) is 6.42 Å². The van der Waals surface area contributed by atoms with E-state index in [1.807, 2.05) is 6.92 Å². The zero-order valence-corrected chi connectivity index (χ0v) is 13.0. The predicted molar refractivity (Wildman–Crippen MR) is 68.7 cm³/mol. The van der Waals surface area contributed by atoms with E-state index in [4.69, 9.17) is 60.6 Å². The van der Waals surface area contributed by atoms with Gasteiger partial charge in [-0.05, 0) is 13.3 Å². The number of hydrogen-bond donors (Lipinski definition) is 0. The lowest BCUT2D eigenvalue weighted by molar-refractivity contribution is -0.233. The Bertz CT molecular complexity index is 485. The average molecular weight is 334 g/mol. The molecule has 3 nitrogen and oxygen atoms in total. The number of alkyl halides is 4. The third-order valence-corrected chi connectivity index (χ3v) is 9.08. The summed E-state index contributed by atoms with van der Waals surface area (Å²) in [5, 5.41) is -1.26. The van der Waals surface area contributed by atoms with Crippen molar-refractivity contribution >= 4 is 46.4 Å². The standard InChI is InChI=1S/C11H12Cl4O3/c1-6-5-4-7(12)9(6,14)10(15,18-6)8(5,13)11(7,16-2)17-3/h5H,4H2,1-3H3/t5-,6-,7-,8-,9-,10+/m0/s1. The van der Waals surface area contributed by atoms with Crippen molar-refractivity contribution in [1.82, 2.24) is 0 Å². The summed E-state index contributed by atoms with van der Waals surface area (Å²) >= 11 is 27.1. The molecule has 0 aromatic rings. The fourth-order valence-corrected chi connectivity index (χ4v) is 8.17. The van der Waals surface area contributed by atoms with Gasteiger partial charge in [-0.2, -0.15) is 0 Å². The van der Waals surface area contributed by atoms with Gasteiger partial charge in [0.1, 0.15) is 9.75 Å². The molecule has 5 fully saturated rings. The van der Waals surface area contributed by atoms with Gasteiger partial charge in [-0.25, -0.2) is 0 Å². The molecule has 0 aromatic heterocycles. The van der Waals surface area contributed by atoms with Crippen LogP contribution < -0.4 is 0 Å². The van der Waals surface area contributed by atoms with Crippen LogP contribution in [0.2, 0.25) is 0 Å². The smallest absolute Gasteiger partial charge is 0.213 e. The number of halogens is 4. The molecule has 0 spiro atoms. The van der Waals surface area contributed by atoms with E-state index in [0.717, 1.165) is 0 Å². The van der Waals surface area contributed by atoms with Crippen LogP contribution in [-0.2, 0) is 14.2 Å².